The van der Waals surface area contributed by atoms with Crippen LogP contribution in [0, 0.1) is 6.92 Å². The molecule has 43 heavy (non-hydrogen) atoms. The Morgan fingerprint density at radius 2 is 1.60 bits per heavy atom. The molecule has 3 aromatic heterocycles. The number of fused-ring (bicyclic) bond motifs is 3. The van der Waals surface area contributed by atoms with Gasteiger partial charge in [-0.3, -0.25) is 4.57 Å². The zero-order chi connectivity index (χ0) is 29.3. The van der Waals surface area contributed by atoms with Crippen molar-refractivity contribution >= 4 is 21.8 Å². The lowest BCUT2D eigenvalue weighted by Crippen LogP contribution is -1.98. The largest absolute Gasteiger partial charge is 0.497 e. The molecule has 212 valence electrons. The molecule has 0 saturated carbocycles. The number of hydrogen-bond acceptors (Lipinski definition) is 4. The van der Waals surface area contributed by atoms with Gasteiger partial charge in [-0.05, 0) is 66.4 Å². The van der Waals surface area contributed by atoms with E-state index in [0.717, 1.165) is 69.0 Å². The van der Waals surface area contributed by atoms with Gasteiger partial charge >= 0.3 is 0 Å². The molecule has 0 fully saturated rings. The number of pyridine rings is 1. The van der Waals surface area contributed by atoms with Crippen LogP contribution in [-0.4, -0.2) is 26.4 Å². The minimum absolute atomic E-state index is 0.735. The van der Waals surface area contributed by atoms with Crippen LogP contribution in [0.3, 0.4) is 0 Å². The van der Waals surface area contributed by atoms with Crippen molar-refractivity contribution in [3.63, 3.8) is 0 Å². The number of methoxy groups -OCH3 is 1. The van der Waals surface area contributed by atoms with Crippen molar-refractivity contribution in [1.82, 2.24) is 19.3 Å². The molecule has 0 aliphatic rings. The summed E-state index contributed by atoms with van der Waals surface area (Å²) in [5.74, 6) is 3.02. The summed E-state index contributed by atoms with van der Waals surface area (Å²) in [6.07, 6.45) is 7.97. The van der Waals surface area contributed by atoms with Crippen molar-refractivity contribution in [2.45, 2.75) is 26.7 Å². The molecule has 0 unspecified atom stereocenters. The Bertz CT molecular complexity index is 2090. The number of nitrogens with zero attached hydrogens (tertiary/aromatic N) is 4. The molecule has 0 aliphatic heterocycles. The smallest absolute Gasteiger partial charge is 0.141 e. The molecule has 0 N–H and O–H groups in total. The number of para-hydroxylation sites is 1. The second-order valence-electron chi connectivity index (χ2n) is 10.7. The Morgan fingerprint density at radius 3 is 2.49 bits per heavy atom. The van der Waals surface area contributed by atoms with Crippen molar-refractivity contribution in [1.29, 1.82) is 0 Å². The van der Waals surface area contributed by atoms with Crippen molar-refractivity contribution in [2.75, 3.05) is 7.11 Å². The molecular formula is C37H32N4O2. The van der Waals surface area contributed by atoms with Crippen LogP contribution in [0.1, 0.15) is 24.5 Å². The normalized spacial score (nSPS) is 11.3. The SMILES string of the molecule is CCCc1cccc(C)c1-c1cnn(-c2cccc(Oc3ccc4c5ccccc5n(-c5cc(OC)ccn5)c4c3)c2)c1. The number of rotatable bonds is 8. The van der Waals surface area contributed by atoms with Crippen molar-refractivity contribution in [3.05, 3.63) is 127 Å². The van der Waals surface area contributed by atoms with Gasteiger partial charge in [0.2, 0.25) is 0 Å². The van der Waals surface area contributed by atoms with Gasteiger partial charge < -0.3 is 9.47 Å². The first kappa shape index (κ1) is 26.5. The van der Waals surface area contributed by atoms with Gasteiger partial charge in [0.15, 0.2) is 0 Å². The first-order chi connectivity index (χ1) is 21.1. The predicted molar refractivity (Wildman–Crippen MR) is 173 cm³/mol. The Kier molecular flexibility index (Phi) is 6.87. The lowest BCUT2D eigenvalue weighted by atomic mass is 9.95. The Morgan fingerprint density at radius 1 is 0.767 bits per heavy atom. The number of aryl methyl sites for hydroxylation is 2. The highest BCUT2D eigenvalue weighted by molar-refractivity contribution is 6.09. The minimum atomic E-state index is 0.735. The van der Waals surface area contributed by atoms with Crippen LogP contribution in [0.2, 0.25) is 0 Å². The molecule has 0 radical (unpaired) electrons. The zero-order valence-corrected chi connectivity index (χ0v) is 24.5. The summed E-state index contributed by atoms with van der Waals surface area (Å²) in [5.41, 5.74) is 8.03. The molecule has 0 saturated heterocycles. The molecule has 0 bridgehead atoms. The summed E-state index contributed by atoms with van der Waals surface area (Å²) in [6.45, 7) is 4.38. The maximum absolute atomic E-state index is 6.44. The summed E-state index contributed by atoms with van der Waals surface area (Å²) < 4.78 is 16.0. The molecule has 0 atom stereocenters. The van der Waals surface area contributed by atoms with Crippen LogP contribution in [-0.2, 0) is 6.42 Å². The molecule has 6 heteroatoms. The van der Waals surface area contributed by atoms with E-state index in [1.54, 1.807) is 13.3 Å². The summed E-state index contributed by atoms with van der Waals surface area (Å²) in [6, 6.07) is 32.9. The average Bonchev–Trinajstić information content (AvgIpc) is 3.65. The molecule has 7 rings (SSSR count). The third-order valence-electron chi connectivity index (χ3n) is 7.89. The molecule has 6 nitrogen and oxygen atoms in total. The highest BCUT2D eigenvalue weighted by Gasteiger charge is 2.15. The van der Waals surface area contributed by atoms with E-state index < -0.39 is 0 Å². The molecule has 0 aliphatic carbocycles. The molecule has 4 aromatic carbocycles. The monoisotopic (exact) mass is 564 g/mol. The molecule has 0 amide bonds. The van der Waals surface area contributed by atoms with E-state index in [-0.39, 0.29) is 0 Å². The van der Waals surface area contributed by atoms with E-state index in [1.807, 2.05) is 59.4 Å². The van der Waals surface area contributed by atoms with E-state index >= 15 is 0 Å². The topological polar surface area (TPSA) is 54.1 Å². The van der Waals surface area contributed by atoms with Gasteiger partial charge in [0, 0.05) is 46.9 Å². The first-order valence-corrected chi connectivity index (χ1v) is 14.6. The fourth-order valence-corrected chi connectivity index (χ4v) is 5.95. The maximum atomic E-state index is 6.44. The third kappa shape index (κ3) is 4.91. The van der Waals surface area contributed by atoms with Gasteiger partial charge in [-0.1, -0.05) is 55.8 Å². The van der Waals surface area contributed by atoms with Gasteiger partial charge in [-0.25, -0.2) is 9.67 Å². The molecule has 7 aromatic rings. The number of hydrogen-bond donors (Lipinski definition) is 0. The van der Waals surface area contributed by atoms with Gasteiger partial charge in [-0.15, -0.1) is 0 Å². The summed E-state index contributed by atoms with van der Waals surface area (Å²) in [7, 11) is 1.67. The minimum Gasteiger partial charge on any atom is -0.497 e. The molecular weight excluding hydrogens is 532 g/mol. The van der Waals surface area contributed by atoms with E-state index in [9.17, 15) is 0 Å². The maximum Gasteiger partial charge on any atom is 0.141 e. The third-order valence-corrected chi connectivity index (χ3v) is 7.89. The first-order valence-electron chi connectivity index (χ1n) is 14.6. The molecule has 0 spiro atoms. The fourth-order valence-electron chi connectivity index (χ4n) is 5.95. The lowest BCUT2D eigenvalue weighted by molar-refractivity contribution is 0.414. The summed E-state index contributed by atoms with van der Waals surface area (Å²) >= 11 is 0. The van der Waals surface area contributed by atoms with E-state index in [0.29, 0.717) is 0 Å². The second-order valence-corrected chi connectivity index (χ2v) is 10.7. The lowest BCUT2D eigenvalue weighted by Gasteiger charge is -2.11. The van der Waals surface area contributed by atoms with Crippen molar-refractivity contribution in [2.24, 2.45) is 0 Å². The van der Waals surface area contributed by atoms with Crippen molar-refractivity contribution in [3.8, 4) is 39.9 Å². The van der Waals surface area contributed by atoms with E-state index in [2.05, 4.69) is 78.1 Å². The van der Waals surface area contributed by atoms with Gasteiger partial charge in [0.25, 0.3) is 0 Å². The van der Waals surface area contributed by atoms with Crippen LogP contribution < -0.4 is 9.47 Å². The van der Waals surface area contributed by atoms with Crippen molar-refractivity contribution < 1.29 is 9.47 Å². The van der Waals surface area contributed by atoms with Crippen LogP contribution in [0.5, 0.6) is 17.2 Å². The van der Waals surface area contributed by atoms with Crippen LogP contribution in [0.15, 0.2) is 116 Å². The Labute approximate surface area is 250 Å². The second kappa shape index (κ2) is 11.1. The summed E-state index contributed by atoms with van der Waals surface area (Å²) in [5, 5.41) is 7.00. The highest BCUT2D eigenvalue weighted by Crippen LogP contribution is 2.36. The van der Waals surface area contributed by atoms with Gasteiger partial charge in [-0.2, -0.15) is 5.10 Å². The number of aromatic nitrogens is 4. The van der Waals surface area contributed by atoms with E-state index in [1.165, 1.54) is 16.7 Å². The average molecular weight is 565 g/mol. The van der Waals surface area contributed by atoms with E-state index in [4.69, 9.17) is 14.6 Å². The Hall–Kier alpha value is -5.36. The summed E-state index contributed by atoms with van der Waals surface area (Å²) in [4.78, 5) is 4.67. The highest BCUT2D eigenvalue weighted by atomic mass is 16.5. The standard InChI is InChI=1S/C37H32N4O2/c1-4-9-26-11-7-10-25(2)37(26)27-23-39-40(24-27)28-12-8-13-30(20-28)43-31-16-17-33-32-14-5-6-15-34(32)41(35(33)21-31)36-22-29(42-3)18-19-38-36/h5-8,10-24H,4,9H2,1-3H3. The number of ether oxygens (including phenoxy) is 2. The van der Waals surface area contributed by atoms with Crippen LogP contribution >= 0.6 is 0 Å². The Balaban J connectivity index is 1.24. The predicted octanol–water partition coefficient (Wildman–Crippen LogP) is 9.09. The van der Waals surface area contributed by atoms with Gasteiger partial charge in [0.05, 0.1) is 30.0 Å². The van der Waals surface area contributed by atoms with Crippen LogP contribution in [0.25, 0.3) is 44.4 Å². The fraction of sp³-hybridized carbons (Fsp3) is 0.135. The zero-order valence-electron chi connectivity index (χ0n) is 24.5. The molecule has 3 heterocycles. The van der Waals surface area contributed by atoms with Gasteiger partial charge in [0.1, 0.15) is 23.1 Å². The number of benzene rings is 4. The quantitative estimate of drug-likeness (QED) is 0.185. The van der Waals surface area contributed by atoms with Crippen LogP contribution in [0.4, 0.5) is 0 Å².